The van der Waals surface area contributed by atoms with Crippen LogP contribution in [0.4, 0.5) is 17.2 Å². The molecule has 2 heterocycles. The third-order valence-corrected chi connectivity index (χ3v) is 4.36. The number of piperazine rings is 1. The van der Waals surface area contributed by atoms with Gasteiger partial charge in [-0.3, -0.25) is 19.8 Å². The van der Waals surface area contributed by atoms with E-state index in [-0.39, 0.29) is 41.9 Å². The molecule has 160 valence electrons. The number of pyridine rings is 1. The lowest BCUT2D eigenvalue weighted by molar-refractivity contribution is -0.384. The van der Waals surface area contributed by atoms with Crippen LogP contribution >= 0.6 is 24.8 Å². The molecule has 9 nitrogen and oxygen atoms in total. The lowest BCUT2D eigenvalue weighted by Gasteiger charge is -2.35. The van der Waals surface area contributed by atoms with Crippen molar-refractivity contribution in [1.82, 2.24) is 9.88 Å². The van der Waals surface area contributed by atoms with Crippen molar-refractivity contribution in [3.8, 4) is 0 Å². The van der Waals surface area contributed by atoms with E-state index in [0.29, 0.717) is 18.7 Å². The van der Waals surface area contributed by atoms with Gasteiger partial charge in [0, 0.05) is 63.2 Å². The Balaban J connectivity index is 0.00000261. The number of carbonyl (C=O) groups is 1. The summed E-state index contributed by atoms with van der Waals surface area (Å²) < 4.78 is 0. The van der Waals surface area contributed by atoms with E-state index in [1.807, 2.05) is 18.2 Å². The molecule has 0 saturated carbocycles. The van der Waals surface area contributed by atoms with Gasteiger partial charge in [-0.2, -0.15) is 0 Å². The SMILES string of the molecule is Cl.Cl.O.O=C(CCN1CCN(c2ccccn2)CC1)Nc1ccc([N+](=O)[O-])cc1. The Morgan fingerprint density at radius 3 is 2.28 bits per heavy atom. The fourth-order valence-corrected chi connectivity index (χ4v) is 2.89. The maximum absolute atomic E-state index is 12.1. The highest BCUT2D eigenvalue weighted by Gasteiger charge is 2.18. The van der Waals surface area contributed by atoms with Gasteiger partial charge in [0.1, 0.15) is 5.82 Å². The monoisotopic (exact) mass is 445 g/mol. The minimum absolute atomic E-state index is 0. The second kappa shape index (κ2) is 12.9. The number of rotatable bonds is 6. The van der Waals surface area contributed by atoms with Crippen molar-refractivity contribution in [2.75, 3.05) is 42.9 Å². The number of amides is 1. The lowest BCUT2D eigenvalue weighted by atomic mass is 10.2. The summed E-state index contributed by atoms with van der Waals surface area (Å²) in [5.41, 5.74) is 0.578. The van der Waals surface area contributed by atoms with Crippen molar-refractivity contribution < 1.29 is 15.2 Å². The van der Waals surface area contributed by atoms with Crippen LogP contribution in [0.3, 0.4) is 0 Å². The number of nitro groups is 1. The van der Waals surface area contributed by atoms with Crippen molar-refractivity contribution in [1.29, 1.82) is 0 Å². The molecule has 1 aromatic heterocycles. The van der Waals surface area contributed by atoms with Crippen LogP contribution in [0.1, 0.15) is 6.42 Å². The molecule has 1 aliphatic heterocycles. The molecule has 0 atom stereocenters. The molecular weight excluding hydrogens is 421 g/mol. The highest BCUT2D eigenvalue weighted by atomic mass is 35.5. The first-order chi connectivity index (χ1) is 12.6. The number of nitrogens with zero attached hydrogens (tertiary/aromatic N) is 4. The number of aromatic nitrogens is 1. The molecule has 29 heavy (non-hydrogen) atoms. The number of non-ortho nitro benzene ring substituents is 1. The highest BCUT2D eigenvalue weighted by Crippen LogP contribution is 2.16. The molecule has 1 fully saturated rings. The minimum Gasteiger partial charge on any atom is -0.412 e. The van der Waals surface area contributed by atoms with Crippen LogP contribution in [0.5, 0.6) is 0 Å². The third-order valence-electron chi connectivity index (χ3n) is 4.36. The van der Waals surface area contributed by atoms with Gasteiger partial charge in [-0.15, -0.1) is 24.8 Å². The van der Waals surface area contributed by atoms with E-state index in [2.05, 4.69) is 20.1 Å². The maximum atomic E-state index is 12.1. The van der Waals surface area contributed by atoms with Gasteiger partial charge in [0.25, 0.3) is 5.69 Å². The number of nitrogens with one attached hydrogen (secondary N) is 1. The quantitative estimate of drug-likeness (QED) is 0.536. The predicted octanol–water partition coefficient (Wildman–Crippen LogP) is 2.16. The Morgan fingerprint density at radius 1 is 1.07 bits per heavy atom. The fourth-order valence-electron chi connectivity index (χ4n) is 2.89. The van der Waals surface area contributed by atoms with Crippen LogP contribution in [-0.2, 0) is 4.79 Å². The Morgan fingerprint density at radius 2 is 1.72 bits per heavy atom. The Labute approximate surface area is 181 Å². The molecule has 0 aliphatic carbocycles. The molecule has 1 aromatic carbocycles. The van der Waals surface area contributed by atoms with Crippen LogP contribution < -0.4 is 10.2 Å². The fraction of sp³-hybridized carbons (Fsp3) is 0.333. The smallest absolute Gasteiger partial charge is 0.269 e. The van der Waals surface area contributed by atoms with Crippen LogP contribution in [0.25, 0.3) is 0 Å². The predicted molar refractivity (Wildman–Crippen MR) is 117 cm³/mol. The summed E-state index contributed by atoms with van der Waals surface area (Å²) in [6, 6.07) is 11.7. The summed E-state index contributed by atoms with van der Waals surface area (Å²) in [5.74, 6) is 0.897. The number of carbonyl (C=O) groups excluding carboxylic acids is 1. The van der Waals surface area contributed by atoms with Crippen LogP contribution in [0.15, 0.2) is 48.7 Å². The molecule has 0 radical (unpaired) electrons. The van der Waals surface area contributed by atoms with Gasteiger partial charge in [0.15, 0.2) is 0 Å². The zero-order valence-corrected chi connectivity index (χ0v) is 17.3. The zero-order chi connectivity index (χ0) is 18.4. The topological polar surface area (TPSA) is 123 Å². The highest BCUT2D eigenvalue weighted by molar-refractivity contribution is 5.90. The molecule has 11 heteroatoms. The first-order valence-corrected chi connectivity index (χ1v) is 8.54. The van der Waals surface area contributed by atoms with E-state index in [0.717, 1.165) is 32.0 Å². The van der Waals surface area contributed by atoms with Crippen molar-refractivity contribution >= 4 is 47.9 Å². The number of benzene rings is 1. The third kappa shape index (κ3) is 7.82. The first-order valence-electron chi connectivity index (χ1n) is 8.54. The van der Waals surface area contributed by atoms with Crippen molar-refractivity contribution in [3.05, 3.63) is 58.8 Å². The molecule has 0 bridgehead atoms. The zero-order valence-electron chi connectivity index (χ0n) is 15.7. The lowest BCUT2D eigenvalue weighted by Crippen LogP contribution is -2.47. The van der Waals surface area contributed by atoms with E-state index >= 15 is 0 Å². The van der Waals surface area contributed by atoms with Gasteiger partial charge < -0.3 is 15.7 Å². The molecule has 0 spiro atoms. The van der Waals surface area contributed by atoms with Gasteiger partial charge in [-0.25, -0.2) is 4.98 Å². The number of nitro benzene ring substituents is 1. The summed E-state index contributed by atoms with van der Waals surface area (Å²) in [6.07, 6.45) is 2.19. The van der Waals surface area contributed by atoms with Crippen molar-refractivity contribution in [2.24, 2.45) is 0 Å². The second-order valence-corrected chi connectivity index (χ2v) is 6.12. The minimum atomic E-state index is -0.462. The summed E-state index contributed by atoms with van der Waals surface area (Å²) in [5, 5.41) is 13.4. The number of halogens is 2. The summed E-state index contributed by atoms with van der Waals surface area (Å²) in [6.45, 7) is 4.25. The van der Waals surface area contributed by atoms with E-state index in [1.165, 1.54) is 12.1 Å². The first kappa shape index (κ1) is 26.5. The average Bonchev–Trinajstić information content (AvgIpc) is 2.68. The Bertz CT molecular complexity index is 757. The molecule has 2 aromatic rings. The molecule has 3 rings (SSSR count). The largest absolute Gasteiger partial charge is 0.412 e. The van der Waals surface area contributed by atoms with Crippen molar-refractivity contribution in [2.45, 2.75) is 6.42 Å². The standard InChI is InChI=1S/C18H21N5O3.2ClH.H2O/c24-18(20-15-4-6-16(7-5-15)23(25)26)8-10-21-11-13-22(14-12-21)17-3-1-2-9-19-17;;;/h1-7,9H,8,10-14H2,(H,20,24);2*1H;1H2. The average molecular weight is 446 g/mol. The summed E-state index contributed by atoms with van der Waals surface area (Å²) in [7, 11) is 0. The van der Waals surface area contributed by atoms with Gasteiger partial charge in [0.05, 0.1) is 4.92 Å². The summed E-state index contributed by atoms with van der Waals surface area (Å²) >= 11 is 0. The van der Waals surface area contributed by atoms with Gasteiger partial charge in [-0.05, 0) is 24.3 Å². The van der Waals surface area contributed by atoms with Gasteiger partial charge in [-0.1, -0.05) is 6.07 Å². The van der Waals surface area contributed by atoms with Crippen molar-refractivity contribution in [3.63, 3.8) is 0 Å². The van der Waals surface area contributed by atoms with E-state index in [1.54, 1.807) is 18.3 Å². The number of hydrogen-bond donors (Lipinski definition) is 1. The maximum Gasteiger partial charge on any atom is 0.269 e. The van der Waals surface area contributed by atoms with E-state index < -0.39 is 4.92 Å². The molecule has 0 unspecified atom stereocenters. The van der Waals surface area contributed by atoms with Crippen LogP contribution in [-0.4, -0.2) is 58.9 Å². The molecular formula is C18H25Cl2N5O4. The van der Waals surface area contributed by atoms with Gasteiger partial charge in [0.2, 0.25) is 5.91 Å². The van der Waals surface area contributed by atoms with Crippen LogP contribution in [0, 0.1) is 10.1 Å². The number of anilines is 2. The van der Waals surface area contributed by atoms with E-state index in [4.69, 9.17) is 0 Å². The molecule has 3 N–H and O–H groups in total. The Hall–Kier alpha value is -2.46. The molecule has 1 saturated heterocycles. The molecule has 1 aliphatic rings. The molecule has 1 amide bonds. The Kier molecular flexibility index (Phi) is 11.8. The van der Waals surface area contributed by atoms with Crippen LogP contribution in [0.2, 0.25) is 0 Å². The van der Waals surface area contributed by atoms with Gasteiger partial charge >= 0.3 is 0 Å². The number of hydrogen-bond acceptors (Lipinski definition) is 6. The van der Waals surface area contributed by atoms with E-state index in [9.17, 15) is 14.9 Å². The summed E-state index contributed by atoms with van der Waals surface area (Å²) in [4.78, 5) is 31.1. The second-order valence-electron chi connectivity index (χ2n) is 6.12. The normalized spacial score (nSPS) is 13.3.